The average Bonchev–Trinajstić information content (AvgIpc) is 2.88. The van der Waals surface area contributed by atoms with Crippen LogP contribution in [0.2, 0.25) is 0 Å². The molecule has 3 rings (SSSR count). The van der Waals surface area contributed by atoms with E-state index >= 15 is 0 Å². The van der Waals surface area contributed by atoms with E-state index in [1.807, 2.05) is 24.3 Å². The van der Waals surface area contributed by atoms with Crippen LogP contribution < -0.4 is 10.6 Å². The molecule has 0 radical (unpaired) electrons. The minimum atomic E-state index is -0.552. The number of hydrogen-bond donors (Lipinski definition) is 1. The first kappa shape index (κ1) is 15.5. The third-order valence-corrected chi connectivity index (χ3v) is 4.89. The molecule has 2 heterocycles. The first-order valence-electron chi connectivity index (χ1n) is 7.67. The molecule has 2 aliphatic heterocycles. The number of nitrogens with two attached hydrogens (primary N) is 1. The Morgan fingerprint density at radius 1 is 1.27 bits per heavy atom. The highest BCUT2D eigenvalue weighted by atomic mass is 79.9. The van der Waals surface area contributed by atoms with Gasteiger partial charge in [0.2, 0.25) is 11.8 Å². The zero-order valence-electron chi connectivity index (χ0n) is 12.4. The summed E-state index contributed by atoms with van der Waals surface area (Å²) in [5.41, 5.74) is 6.77. The second kappa shape index (κ2) is 6.38. The quantitative estimate of drug-likeness (QED) is 0.811. The van der Waals surface area contributed by atoms with E-state index in [9.17, 15) is 9.59 Å². The van der Waals surface area contributed by atoms with Gasteiger partial charge in [-0.05, 0) is 37.5 Å². The van der Waals surface area contributed by atoms with Gasteiger partial charge in [-0.15, -0.1) is 0 Å². The van der Waals surface area contributed by atoms with Gasteiger partial charge in [0.05, 0.1) is 0 Å². The first-order valence-corrected chi connectivity index (χ1v) is 8.47. The fourth-order valence-electron chi connectivity index (χ4n) is 3.24. The van der Waals surface area contributed by atoms with Gasteiger partial charge in [-0.3, -0.25) is 9.59 Å². The molecule has 2 N–H and O–H groups in total. The van der Waals surface area contributed by atoms with Crippen molar-refractivity contribution >= 4 is 33.4 Å². The van der Waals surface area contributed by atoms with Crippen LogP contribution in [0.25, 0.3) is 0 Å². The summed E-state index contributed by atoms with van der Waals surface area (Å²) in [4.78, 5) is 28.7. The first-order chi connectivity index (χ1) is 10.6. The number of piperidine rings is 1. The molecular formula is C16H20BrN3O2. The van der Waals surface area contributed by atoms with E-state index in [2.05, 4.69) is 15.9 Å². The van der Waals surface area contributed by atoms with Gasteiger partial charge < -0.3 is 15.5 Å². The molecule has 0 aliphatic carbocycles. The number of hydrogen-bond acceptors (Lipinski definition) is 3. The summed E-state index contributed by atoms with van der Waals surface area (Å²) in [6, 6.07) is 7.65. The number of rotatable bonds is 2. The predicted octanol–water partition coefficient (Wildman–Crippen LogP) is 1.75. The van der Waals surface area contributed by atoms with E-state index < -0.39 is 5.92 Å². The minimum Gasteiger partial charge on any atom is -0.340 e. The normalized spacial score (nSPS) is 25.6. The molecule has 0 saturated carbocycles. The molecule has 22 heavy (non-hydrogen) atoms. The molecule has 0 bridgehead atoms. The number of amides is 2. The lowest BCUT2D eigenvalue weighted by Crippen LogP contribution is -2.49. The molecule has 2 aliphatic rings. The highest BCUT2D eigenvalue weighted by Crippen LogP contribution is 2.29. The Balaban J connectivity index is 1.72. The third-order valence-electron chi connectivity index (χ3n) is 4.39. The molecule has 2 amide bonds. The third kappa shape index (κ3) is 3.03. The summed E-state index contributed by atoms with van der Waals surface area (Å²) in [5, 5.41) is 0. The molecule has 2 fully saturated rings. The van der Waals surface area contributed by atoms with Crippen molar-refractivity contribution in [2.24, 2.45) is 11.7 Å². The van der Waals surface area contributed by atoms with E-state index in [0.29, 0.717) is 26.1 Å². The summed E-state index contributed by atoms with van der Waals surface area (Å²) in [7, 11) is 0. The number of carbonyl (C=O) groups is 2. The van der Waals surface area contributed by atoms with Crippen molar-refractivity contribution in [3.05, 3.63) is 28.7 Å². The Bertz CT molecular complexity index is 593. The fraction of sp³-hybridized carbons (Fsp3) is 0.500. The maximum atomic E-state index is 12.6. The second-order valence-corrected chi connectivity index (χ2v) is 6.91. The molecular weight excluding hydrogens is 346 g/mol. The Hall–Kier alpha value is -1.40. The van der Waals surface area contributed by atoms with Gasteiger partial charge in [0.1, 0.15) is 5.92 Å². The second-order valence-electron chi connectivity index (χ2n) is 6.00. The lowest BCUT2D eigenvalue weighted by Gasteiger charge is -2.32. The van der Waals surface area contributed by atoms with Gasteiger partial charge in [0.25, 0.3) is 0 Å². The monoisotopic (exact) mass is 365 g/mol. The number of benzene rings is 1. The molecule has 0 aromatic heterocycles. The largest absolute Gasteiger partial charge is 0.340 e. The molecule has 0 spiro atoms. The van der Waals surface area contributed by atoms with E-state index in [1.165, 1.54) is 0 Å². The van der Waals surface area contributed by atoms with Crippen molar-refractivity contribution in [3.63, 3.8) is 0 Å². The van der Waals surface area contributed by atoms with Crippen LogP contribution in [0.4, 0.5) is 5.69 Å². The molecule has 1 aromatic carbocycles. The van der Waals surface area contributed by atoms with Crippen LogP contribution in [0.5, 0.6) is 0 Å². The van der Waals surface area contributed by atoms with E-state index in [0.717, 1.165) is 23.0 Å². The summed E-state index contributed by atoms with van der Waals surface area (Å²) in [6.45, 7) is 1.87. The van der Waals surface area contributed by atoms with Crippen LogP contribution in [0.15, 0.2) is 28.7 Å². The number of likely N-dealkylation sites (tertiary alicyclic amines) is 1. The number of anilines is 1. The molecule has 2 saturated heterocycles. The van der Waals surface area contributed by atoms with Crippen molar-refractivity contribution in [3.8, 4) is 0 Å². The highest BCUT2D eigenvalue weighted by Gasteiger charge is 2.40. The number of carbonyl (C=O) groups excluding carboxylic acids is 2. The molecule has 0 unspecified atom stereocenters. The van der Waals surface area contributed by atoms with Crippen molar-refractivity contribution in [2.75, 3.05) is 24.5 Å². The molecule has 2 atom stereocenters. The average molecular weight is 366 g/mol. The Labute approximate surface area is 138 Å². The van der Waals surface area contributed by atoms with Crippen molar-refractivity contribution in [1.29, 1.82) is 0 Å². The zero-order valence-corrected chi connectivity index (χ0v) is 14.0. The number of nitrogens with zero attached hydrogens (tertiary/aromatic N) is 2. The SMILES string of the molecule is N[C@H]1CCCN(C(=O)[C@@H]2CCN(c3cccc(Br)c3)C2=O)C1. The van der Waals surface area contributed by atoms with Crippen LogP contribution in [0.3, 0.4) is 0 Å². The summed E-state index contributed by atoms with van der Waals surface area (Å²) < 4.78 is 0.926. The topological polar surface area (TPSA) is 66.6 Å². The zero-order chi connectivity index (χ0) is 15.7. The lowest BCUT2D eigenvalue weighted by atomic mass is 10.0. The van der Waals surface area contributed by atoms with Crippen molar-refractivity contribution in [2.45, 2.75) is 25.3 Å². The highest BCUT2D eigenvalue weighted by molar-refractivity contribution is 9.10. The van der Waals surface area contributed by atoms with Gasteiger partial charge in [0.15, 0.2) is 0 Å². The molecule has 1 aromatic rings. The predicted molar refractivity (Wildman–Crippen MR) is 88.4 cm³/mol. The van der Waals surface area contributed by atoms with Crippen LogP contribution >= 0.6 is 15.9 Å². The van der Waals surface area contributed by atoms with E-state index in [1.54, 1.807) is 9.80 Å². The van der Waals surface area contributed by atoms with E-state index in [4.69, 9.17) is 5.73 Å². The summed E-state index contributed by atoms with van der Waals surface area (Å²) in [5.74, 6) is -0.704. The maximum absolute atomic E-state index is 12.6. The Morgan fingerprint density at radius 3 is 2.82 bits per heavy atom. The van der Waals surface area contributed by atoms with Crippen LogP contribution in [-0.4, -0.2) is 42.4 Å². The van der Waals surface area contributed by atoms with E-state index in [-0.39, 0.29) is 17.9 Å². The standard InChI is InChI=1S/C16H20BrN3O2/c17-11-3-1-5-13(9-11)20-8-6-14(16(20)22)15(21)19-7-2-4-12(18)10-19/h1,3,5,9,12,14H,2,4,6-8,10,18H2/t12-,14-/m0/s1. The van der Waals surface area contributed by atoms with Crippen molar-refractivity contribution < 1.29 is 9.59 Å². The van der Waals surface area contributed by atoms with Gasteiger partial charge in [-0.1, -0.05) is 22.0 Å². The van der Waals surface area contributed by atoms with Gasteiger partial charge in [-0.2, -0.15) is 0 Å². The van der Waals surface area contributed by atoms with Gasteiger partial charge in [-0.25, -0.2) is 0 Å². The Kier molecular flexibility index (Phi) is 4.49. The molecule has 5 nitrogen and oxygen atoms in total. The lowest BCUT2D eigenvalue weighted by molar-refractivity contribution is -0.140. The van der Waals surface area contributed by atoms with Gasteiger partial charge >= 0.3 is 0 Å². The number of halogens is 1. The van der Waals surface area contributed by atoms with Crippen LogP contribution in [-0.2, 0) is 9.59 Å². The summed E-state index contributed by atoms with van der Waals surface area (Å²) >= 11 is 3.42. The smallest absolute Gasteiger partial charge is 0.239 e. The Morgan fingerprint density at radius 2 is 2.09 bits per heavy atom. The van der Waals surface area contributed by atoms with Crippen molar-refractivity contribution in [1.82, 2.24) is 4.90 Å². The van der Waals surface area contributed by atoms with Crippen LogP contribution in [0.1, 0.15) is 19.3 Å². The summed E-state index contributed by atoms with van der Waals surface area (Å²) in [6.07, 6.45) is 2.45. The fourth-order valence-corrected chi connectivity index (χ4v) is 3.63. The van der Waals surface area contributed by atoms with Gasteiger partial charge in [0, 0.05) is 35.8 Å². The maximum Gasteiger partial charge on any atom is 0.239 e. The minimum absolute atomic E-state index is 0.0374. The molecule has 118 valence electrons. The van der Waals surface area contributed by atoms with Crippen LogP contribution in [0, 0.1) is 5.92 Å². The molecule has 6 heteroatoms.